The van der Waals surface area contributed by atoms with E-state index in [1.54, 1.807) is 0 Å². The highest BCUT2D eigenvalue weighted by atomic mass is 16.6. The largest absolute Gasteiger partial charge is 0.444 e. The molecule has 1 fully saturated rings. The molecule has 0 spiro atoms. The fourth-order valence-electron chi connectivity index (χ4n) is 1.76. The van der Waals surface area contributed by atoms with E-state index in [1.165, 1.54) is 0 Å². The van der Waals surface area contributed by atoms with Crippen molar-refractivity contribution < 1.29 is 14.6 Å². The van der Waals surface area contributed by atoms with Crippen molar-refractivity contribution in [2.75, 3.05) is 13.2 Å². The molecule has 1 saturated carbocycles. The molecule has 3 N–H and O–H groups in total. The Morgan fingerprint density at radius 2 is 2.00 bits per heavy atom. The Morgan fingerprint density at radius 3 is 2.53 bits per heavy atom. The van der Waals surface area contributed by atoms with Crippen LogP contribution in [0.1, 0.15) is 40.0 Å². The van der Waals surface area contributed by atoms with Crippen molar-refractivity contribution >= 4 is 6.09 Å². The number of carbonyl (C=O) groups is 1. The monoisotopic (exact) mass is 244 g/mol. The van der Waals surface area contributed by atoms with Crippen LogP contribution < -0.4 is 10.6 Å². The second-order valence-electron chi connectivity index (χ2n) is 5.54. The van der Waals surface area contributed by atoms with Gasteiger partial charge in [0.15, 0.2) is 0 Å². The molecule has 0 heterocycles. The Balaban J connectivity index is 2.07. The Morgan fingerprint density at radius 1 is 1.35 bits per heavy atom. The van der Waals surface area contributed by atoms with Crippen molar-refractivity contribution in [3.05, 3.63) is 0 Å². The summed E-state index contributed by atoms with van der Waals surface area (Å²) in [5.74, 6) is 0. The van der Waals surface area contributed by atoms with Crippen molar-refractivity contribution in [2.24, 2.45) is 0 Å². The topological polar surface area (TPSA) is 70.6 Å². The van der Waals surface area contributed by atoms with E-state index >= 15 is 0 Å². The predicted octanol–water partition coefficient (Wildman–Crippen LogP) is 1.01. The van der Waals surface area contributed by atoms with Crippen molar-refractivity contribution in [3.8, 4) is 0 Å². The number of hydrogen-bond acceptors (Lipinski definition) is 4. The van der Waals surface area contributed by atoms with Crippen LogP contribution in [0.25, 0.3) is 0 Å². The van der Waals surface area contributed by atoms with Crippen LogP contribution in [0.4, 0.5) is 4.79 Å². The van der Waals surface area contributed by atoms with Gasteiger partial charge in [-0.05, 0) is 46.6 Å². The molecule has 0 aliphatic heterocycles. The molecule has 17 heavy (non-hydrogen) atoms. The SMILES string of the molecule is CC(C)(C)OC(=O)NC1CC(NCCCO)C1. The van der Waals surface area contributed by atoms with Gasteiger partial charge in [-0.2, -0.15) is 0 Å². The maximum atomic E-state index is 11.4. The highest BCUT2D eigenvalue weighted by Gasteiger charge is 2.30. The number of alkyl carbamates (subject to hydrolysis) is 1. The van der Waals surface area contributed by atoms with Gasteiger partial charge in [0.1, 0.15) is 5.60 Å². The van der Waals surface area contributed by atoms with E-state index < -0.39 is 5.60 Å². The summed E-state index contributed by atoms with van der Waals surface area (Å²) in [6.45, 7) is 6.62. The van der Waals surface area contributed by atoms with Gasteiger partial charge in [0, 0.05) is 18.7 Å². The Kier molecular flexibility index (Phi) is 5.21. The van der Waals surface area contributed by atoms with Crippen LogP contribution in [0.3, 0.4) is 0 Å². The molecule has 0 aromatic carbocycles. The first-order valence-corrected chi connectivity index (χ1v) is 6.24. The second-order valence-corrected chi connectivity index (χ2v) is 5.54. The number of carbonyl (C=O) groups excluding carboxylic acids is 1. The fourth-order valence-corrected chi connectivity index (χ4v) is 1.76. The third kappa shape index (κ3) is 5.89. The number of rotatable bonds is 5. The van der Waals surface area contributed by atoms with E-state index in [-0.39, 0.29) is 18.7 Å². The minimum Gasteiger partial charge on any atom is -0.444 e. The van der Waals surface area contributed by atoms with Crippen molar-refractivity contribution in [3.63, 3.8) is 0 Å². The molecule has 0 radical (unpaired) electrons. The fraction of sp³-hybridized carbons (Fsp3) is 0.917. The molecule has 0 aromatic rings. The van der Waals surface area contributed by atoms with E-state index in [1.807, 2.05) is 20.8 Å². The van der Waals surface area contributed by atoms with Crippen LogP contribution >= 0.6 is 0 Å². The molecular weight excluding hydrogens is 220 g/mol. The molecule has 0 unspecified atom stereocenters. The molecule has 0 aromatic heterocycles. The maximum Gasteiger partial charge on any atom is 0.407 e. The van der Waals surface area contributed by atoms with E-state index in [4.69, 9.17) is 9.84 Å². The van der Waals surface area contributed by atoms with Crippen LogP contribution in [-0.2, 0) is 4.74 Å². The highest BCUT2D eigenvalue weighted by molar-refractivity contribution is 5.68. The molecule has 100 valence electrons. The molecule has 5 nitrogen and oxygen atoms in total. The molecular formula is C12H24N2O3. The zero-order valence-electron chi connectivity index (χ0n) is 11.0. The molecule has 1 rings (SSSR count). The van der Waals surface area contributed by atoms with Gasteiger partial charge in [-0.15, -0.1) is 0 Å². The van der Waals surface area contributed by atoms with E-state index in [0.29, 0.717) is 6.04 Å². The predicted molar refractivity (Wildman–Crippen MR) is 65.9 cm³/mol. The number of nitrogens with one attached hydrogen (secondary N) is 2. The minimum atomic E-state index is -0.438. The van der Waals surface area contributed by atoms with Crippen LogP contribution in [0, 0.1) is 0 Å². The van der Waals surface area contributed by atoms with E-state index in [9.17, 15) is 4.79 Å². The summed E-state index contributed by atoms with van der Waals surface area (Å²) in [6, 6.07) is 0.679. The molecule has 0 saturated heterocycles. The summed E-state index contributed by atoms with van der Waals surface area (Å²) in [6.07, 6.45) is 2.31. The highest BCUT2D eigenvalue weighted by Crippen LogP contribution is 2.20. The standard InChI is InChI=1S/C12H24N2O3/c1-12(2,3)17-11(16)14-10-7-9(8-10)13-5-4-6-15/h9-10,13,15H,4-8H2,1-3H3,(H,14,16). The number of hydrogen-bond donors (Lipinski definition) is 3. The first kappa shape index (κ1) is 14.3. The second kappa shape index (κ2) is 6.21. The van der Waals surface area contributed by atoms with E-state index in [0.717, 1.165) is 25.8 Å². The molecule has 1 aliphatic rings. The smallest absolute Gasteiger partial charge is 0.407 e. The maximum absolute atomic E-state index is 11.4. The average Bonchev–Trinajstić information content (AvgIpc) is 2.10. The van der Waals surface area contributed by atoms with Gasteiger partial charge < -0.3 is 20.5 Å². The van der Waals surface area contributed by atoms with Gasteiger partial charge in [-0.25, -0.2) is 4.79 Å². The molecule has 1 aliphatic carbocycles. The van der Waals surface area contributed by atoms with E-state index in [2.05, 4.69) is 10.6 Å². The first-order valence-electron chi connectivity index (χ1n) is 6.24. The van der Waals surface area contributed by atoms with Crippen molar-refractivity contribution in [2.45, 2.75) is 57.7 Å². The Hall–Kier alpha value is -0.810. The van der Waals surface area contributed by atoms with Crippen LogP contribution in [0.15, 0.2) is 0 Å². The normalized spacial score (nSPS) is 24.0. The average molecular weight is 244 g/mol. The number of amides is 1. The zero-order valence-corrected chi connectivity index (χ0v) is 11.0. The molecule has 0 atom stereocenters. The van der Waals surface area contributed by atoms with Gasteiger partial charge in [0.25, 0.3) is 0 Å². The minimum absolute atomic E-state index is 0.219. The number of aliphatic hydroxyl groups excluding tert-OH is 1. The summed E-state index contributed by atoms with van der Waals surface area (Å²) in [7, 11) is 0. The summed E-state index contributed by atoms with van der Waals surface area (Å²) < 4.78 is 5.17. The summed E-state index contributed by atoms with van der Waals surface area (Å²) in [5.41, 5.74) is -0.438. The third-order valence-corrected chi connectivity index (χ3v) is 2.63. The molecule has 5 heteroatoms. The first-order chi connectivity index (χ1) is 7.90. The summed E-state index contributed by atoms with van der Waals surface area (Å²) in [4.78, 5) is 11.4. The van der Waals surface area contributed by atoms with Gasteiger partial charge in [-0.3, -0.25) is 0 Å². The number of ether oxygens (including phenoxy) is 1. The molecule has 1 amide bonds. The van der Waals surface area contributed by atoms with Gasteiger partial charge in [0.2, 0.25) is 0 Å². The number of aliphatic hydroxyl groups is 1. The lowest BCUT2D eigenvalue weighted by molar-refractivity contribution is 0.0465. The summed E-state index contributed by atoms with van der Waals surface area (Å²) in [5, 5.41) is 14.8. The van der Waals surface area contributed by atoms with Crippen LogP contribution in [0.2, 0.25) is 0 Å². The van der Waals surface area contributed by atoms with Gasteiger partial charge in [-0.1, -0.05) is 0 Å². The Labute approximate surface area is 103 Å². The Bertz CT molecular complexity index is 245. The lowest BCUT2D eigenvalue weighted by Gasteiger charge is -2.36. The van der Waals surface area contributed by atoms with Gasteiger partial charge in [0.05, 0.1) is 0 Å². The zero-order chi connectivity index (χ0) is 12.9. The quantitative estimate of drug-likeness (QED) is 0.631. The van der Waals surface area contributed by atoms with Crippen molar-refractivity contribution in [1.29, 1.82) is 0 Å². The lowest BCUT2D eigenvalue weighted by atomic mass is 9.87. The van der Waals surface area contributed by atoms with Crippen LogP contribution in [-0.4, -0.2) is 42.0 Å². The van der Waals surface area contributed by atoms with Gasteiger partial charge >= 0.3 is 6.09 Å². The van der Waals surface area contributed by atoms with Crippen LogP contribution in [0.5, 0.6) is 0 Å². The third-order valence-electron chi connectivity index (χ3n) is 2.63. The lowest BCUT2D eigenvalue weighted by Crippen LogP contribution is -2.53. The summed E-state index contributed by atoms with van der Waals surface area (Å²) >= 11 is 0. The van der Waals surface area contributed by atoms with Crippen molar-refractivity contribution in [1.82, 2.24) is 10.6 Å². The molecule has 0 bridgehead atoms.